The highest BCUT2D eigenvalue weighted by Crippen LogP contribution is 2.38. The smallest absolute Gasteiger partial charge is 0.0745 e. The first-order valence-corrected chi connectivity index (χ1v) is 5.85. The highest BCUT2D eigenvalue weighted by Gasteiger charge is 2.19. The minimum Gasteiger partial charge on any atom is -0.247 e. The van der Waals surface area contributed by atoms with Gasteiger partial charge in [0.15, 0.2) is 0 Å². The molecule has 0 atom stereocenters. The van der Waals surface area contributed by atoms with Crippen molar-refractivity contribution < 1.29 is 0 Å². The van der Waals surface area contributed by atoms with Gasteiger partial charge >= 0.3 is 0 Å². The summed E-state index contributed by atoms with van der Waals surface area (Å²) in [7, 11) is 0. The van der Waals surface area contributed by atoms with E-state index in [1.807, 2.05) is 6.07 Å². The lowest BCUT2D eigenvalue weighted by atomic mass is 10.0. The summed E-state index contributed by atoms with van der Waals surface area (Å²) in [6.45, 7) is 4.25. The van der Waals surface area contributed by atoms with Crippen molar-refractivity contribution in [3.8, 4) is 0 Å². The number of hydrogen-bond donors (Lipinski definition) is 0. The molecule has 2 aromatic carbocycles. The Morgan fingerprint density at radius 3 is 2.24 bits per heavy atom. The Kier molecular flexibility index (Phi) is 2.25. The van der Waals surface area contributed by atoms with Crippen LogP contribution in [-0.2, 0) is 0 Å². The van der Waals surface area contributed by atoms with Gasteiger partial charge in [0.25, 0.3) is 0 Å². The lowest BCUT2D eigenvalue weighted by Gasteiger charge is -2.04. The Balaban J connectivity index is 2.08. The minimum atomic E-state index is 1.08. The van der Waals surface area contributed by atoms with Gasteiger partial charge in [-0.1, -0.05) is 48.0 Å². The van der Waals surface area contributed by atoms with E-state index in [1.165, 1.54) is 22.3 Å². The molecule has 1 heterocycles. The molecule has 0 saturated heterocycles. The number of benzene rings is 2. The molecule has 0 saturated carbocycles. The van der Waals surface area contributed by atoms with Crippen LogP contribution in [0.4, 0.5) is 5.69 Å². The Bertz CT molecular complexity index is 591. The van der Waals surface area contributed by atoms with E-state index in [0.717, 1.165) is 11.4 Å². The Hall–Kier alpha value is -2.02. The van der Waals surface area contributed by atoms with Crippen LogP contribution >= 0.6 is 0 Å². The first-order chi connectivity index (χ1) is 8.25. The second kappa shape index (κ2) is 3.77. The van der Waals surface area contributed by atoms with Gasteiger partial charge in [0, 0.05) is 11.1 Å². The summed E-state index contributed by atoms with van der Waals surface area (Å²) < 4.78 is 0. The summed E-state index contributed by atoms with van der Waals surface area (Å²) in [6.07, 6.45) is 0. The van der Waals surface area contributed by atoms with Crippen LogP contribution < -0.4 is 5.32 Å². The maximum atomic E-state index is 4.71. The van der Waals surface area contributed by atoms with Gasteiger partial charge < -0.3 is 0 Å². The molecule has 2 aromatic rings. The molecular weight excluding hydrogens is 206 g/mol. The Morgan fingerprint density at radius 1 is 0.824 bits per heavy atom. The van der Waals surface area contributed by atoms with Crippen LogP contribution in [0, 0.1) is 6.92 Å². The normalized spacial score (nSPS) is 13.5. The van der Waals surface area contributed by atoms with Crippen LogP contribution in [0.1, 0.15) is 23.6 Å². The van der Waals surface area contributed by atoms with E-state index in [4.69, 9.17) is 5.32 Å². The summed E-state index contributed by atoms with van der Waals surface area (Å²) in [5.41, 5.74) is 7.19. The van der Waals surface area contributed by atoms with Crippen LogP contribution in [0.5, 0.6) is 0 Å². The molecule has 0 amide bonds. The fourth-order valence-electron chi connectivity index (χ4n) is 2.21. The molecular formula is C16H14N. The maximum Gasteiger partial charge on any atom is 0.0745 e. The number of rotatable bonds is 1. The van der Waals surface area contributed by atoms with Crippen molar-refractivity contribution in [1.29, 1.82) is 0 Å². The third-order valence-corrected chi connectivity index (χ3v) is 3.22. The number of fused-ring (bicyclic) bond motifs is 1. The zero-order chi connectivity index (χ0) is 11.8. The lowest BCUT2D eigenvalue weighted by molar-refractivity contribution is 1.23. The zero-order valence-corrected chi connectivity index (χ0v) is 10.1. The second-order valence-corrected chi connectivity index (χ2v) is 4.47. The molecule has 0 fully saturated rings. The monoisotopic (exact) mass is 220 g/mol. The molecule has 0 N–H and O–H groups in total. The summed E-state index contributed by atoms with van der Waals surface area (Å²) in [6, 6.07) is 16.9. The highest BCUT2D eigenvalue weighted by atomic mass is 14.9. The summed E-state index contributed by atoms with van der Waals surface area (Å²) in [5, 5.41) is 4.71. The van der Waals surface area contributed by atoms with E-state index in [-0.39, 0.29) is 0 Å². The van der Waals surface area contributed by atoms with Gasteiger partial charge in [0.2, 0.25) is 0 Å². The van der Waals surface area contributed by atoms with Crippen LogP contribution in [-0.4, -0.2) is 0 Å². The van der Waals surface area contributed by atoms with Gasteiger partial charge in [-0.3, -0.25) is 0 Å². The molecule has 0 aliphatic carbocycles. The van der Waals surface area contributed by atoms with E-state index < -0.39 is 0 Å². The fraction of sp³-hybridized carbons (Fsp3) is 0.125. The van der Waals surface area contributed by atoms with E-state index in [1.54, 1.807) is 0 Å². The van der Waals surface area contributed by atoms with Crippen molar-refractivity contribution in [2.45, 2.75) is 13.8 Å². The summed E-state index contributed by atoms with van der Waals surface area (Å²) >= 11 is 0. The molecule has 1 radical (unpaired) electrons. The van der Waals surface area contributed by atoms with Crippen molar-refractivity contribution in [3.05, 3.63) is 65.2 Å². The molecule has 0 unspecified atom stereocenters. The molecule has 17 heavy (non-hydrogen) atoms. The summed E-state index contributed by atoms with van der Waals surface area (Å²) in [4.78, 5) is 0. The Labute approximate surface area is 102 Å². The third kappa shape index (κ3) is 1.64. The van der Waals surface area contributed by atoms with Gasteiger partial charge in [-0.05, 0) is 25.5 Å². The Morgan fingerprint density at radius 2 is 1.53 bits per heavy atom. The van der Waals surface area contributed by atoms with Gasteiger partial charge in [0.1, 0.15) is 0 Å². The average molecular weight is 220 g/mol. The average Bonchev–Trinajstić information content (AvgIpc) is 2.69. The van der Waals surface area contributed by atoms with Crippen molar-refractivity contribution in [3.63, 3.8) is 0 Å². The van der Waals surface area contributed by atoms with Gasteiger partial charge in [-0.15, -0.1) is 0 Å². The van der Waals surface area contributed by atoms with Gasteiger partial charge in [-0.2, -0.15) is 0 Å². The van der Waals surface area contributed by atoms with Crippen molar-refractivity contribution in [2.24, 2.45) is 0 Å². The predicted octanol–water partition coefficient (Wildman–Crippen LogP) is 4.13. The van der Waals surface area contributed by atoms with Crippen molar-refractivity contribution in [2.75, 3.05) is 0 Å². The van der Waals surface area contributed by atoms with E-state index >= 15 is 0 Å². The maximum absolute atomic E-state index is 4.71. The number of hydrogen-bond acceptors (Lipinski definition) is 0. The minimum absolute atomic E-state index is 1.08. The quantitative estimate of drug-likeness (QED) is 0.686. The lowest BCUT2D eigenvalue weighted by Crippen LogP contribution is -1.92. The molecule has 1 aliphatic rings. The molecule has 0 spiro atoms. The first-order valence-electron chi connectivity index (χ1n) is 5.85. The highest BCUT2D eigenvalue weighted by molar-refractivity contribution is 5.98. The first kappa shape index (κ1) is 10.2. The third-order valence-electron chi connectivity index (χ3n) is 3.22. The predicted molar refractivity (Wildman–Crippen MR) is 71.9 cm³/mol. The van der Waals surface area contributed by atoms with E-state index in [9.17, 15) is 0 Å². The second-order valence-electron chi connectivity index (χ2n) is 4.47. The van der Waals surface area contributed by atoms with Crippen LogP contribution in [0.15, 0.2) is 48.5 Å². The van der Waals surface area contributed by atoms with Crippen molar-refractivity contribution >= 4 is 17.0 Å². The number of allylic oxidation sites excluding steroid dienone is 1. The molecule has 3 rings (SSSR count). The van der Waals surface area contributed by atoms with Crippen LogP contribution in [0.25, 0.3) is 11.3 Å². The fourth-order valence-corrected chi connectivity index (χ4v) is 2.21. The largest absolute Gasteiger partial charge is 0.247 e. The zero-order valence-electron chi connectivity index (χ0n) is 10.1. The number of para-hydroxylation sites is 1. The molecule has 0 aromatic heterocycles. The number of aryl methyl sites for hydroxylation is 1. The van der Waals surface area contributed by atoms with E-state index in [2.05, 4.69) is 56.3 Å². The number of nitrogens with zero attached hydrogens (tertiary/aromatic N) is 1. The molecule has 1 heteroatoms. The standard InChI is InChI=1S/C16H14N/c1-11-7-9-13(10-8-11)16-12(2)14-5-3-4-6-15(14)17-16/h3-10H,1-2H3. The molecule has 1 nitrogen and oxygen atoms in total. The molecule has 1 aliphatic heterocycles. The molecule has 0 bridgehead atoms. The summed E-state index contributed by atoms with van der Waals surface area (Å²) in [5.74, 6) is 0. The molecule has 83 valence electrons. The van der Waals surface area contributed by atoms with Gasteiger partial charge in [-0.25, -0.2) is 5.32 Å². The van der Waals surface area contributed by atoms with E-state index in [0.29, 0.717) is 0 Å². The van der Waals surface area contributed by atoms with Crippen molar-refractivity contribution in [1.82, 2.24) is 5.32 Å². The van der Waals surface area contributed by atoms with Crippen LogP contribution in [0.2, 0.25) is 0 Å². The SMILES string of the molecule is CC1=C(c2ccc(C)cc2)[N]c2ccccc21. The van der Waals surface area contributed by atoms with Gasteiger partial charge in [0.05, 0.1) is 11.4 Å². The topological polar surface area (TPSA) is 14.1 Å². The van der Waals surface area contributed by atoms with Crippen LogP contribution in [0.3, 0.4) is 0 Å².